The Kier molecular flexibility index (Phi) is 3.33. The molecule has 0 fully saturated rings. The molecule has 0 atom stereocenters. The van der Waals surface area contributed by atoms with Gasteiger partial charge in [-0.1, -0.05) is 5.92 Å². The van der Waals surface area contributed by atoms with Gasteiger partial charge in [-0.3, -0.25) is 0 Å². The molecule has 21 heavy (non-hydrogen) atoms. The number of nitrogens with one attached hydrogen (secondary N) is 1. The Morgan fingerprint density at radius 1 is 1.29 bits per heavy atom. The van der Waals surface area contributed by atoms with Crippen LogP contribution in [-0.4, -0.2) is 14.5 Å². The van der Waals surface area contributed by atoms with E-state index in [4.69, 9.17) is 0 Å². The fourth-order valence-electron chi connectivity index (χ4n) is 2.44. The molecule has 1 N–H and O–H groups in total. The summed E-state index contributed by atoms with van der Waals surface area (Å²) in [6.07, 6.45) is 5.89. The molecule has 0 radical (unpaired) electrons. The van der Waals surface area contributed by atoms with E-state index >= 15 is 0 Å². The number of aryl methyl sites for hydroxylation is 2. The third-order valence-electron chi connectivity index (χ3n) is 3.48. The molecule has 4 heteroatoms. The number of fused-ring (bicyclic) bond motifs is 1. The second-order valence-electron chi connectivity index (χ2n) is 4.91. The van der Waals surface area contributed by atoms with E-state index < -0.39 is 0 Å². The average molecular weight is 276 g/mol. The predicted molar refractivity (Wildman–Crippen MR) is 84.3 cm³/mol. The van der Waals surface area contributed by atoms with E-state index in [9.17, 15) is 0 Å². The highest BCUT2D eigenvalue weighted by Crippen LogP contribution is 2.29. The van der Waals surface area contributed by atoms with Crippen LogP contribution in [0.25, 0.3) is 22.2 Å². The van der Waals surface area contributed by atoms with Crippen molar-refractivity contribution in [3.8, 4) is 23.1 Å². The molecule has 0 aromatic carbocycles. The maximum Gasteiger partial charge on any atom is 0.142 e. The topological polar surface area (TPSA) is 46.0 Å². The Balaban J connectivity index is 2.19. The zero-order valence-electron chi connectivity index (χ0n) is 12.3. The maximum atomic E-state index is 4.37. The monoisotopic (exact) mass is 276 g/mol. The van der Waals surface area contributed by atoms with E-state index in [2.05, 4.69) is 46.1 Å². The molecule has 0 saturated heterocycles. The Bertz CT molecular complexity index is 933. The fraction of sp³-hybridized carbons (Fsp3) is 0.176. The zero-order valence-corrected chi connectivity index (χ0v) is 12.3. The predicted octanol–water partition coefficient (Wildman–Crippen LogP) is 2.76. The molecule has 0 saturated carbocycles. The van der Waals surface area contributed by atoms with Crippen molar-refractivity contribution >= 4 is 11.0 Å². The molecule has 0 aliphatic heterocycles. The van der Waals surface area contributed by atoms with Crippen LogP contribution in [0, 0.1) is 18.9 Å². The van der Waals surface area contributed by atoms with Crippen LogP contribution in [0.1, 0.15) is 12.5 Å². The third-order valence-corrected chi connectivity index (χ3v) is 3.48. The highest BCUT2D eigenvalue weighted by Gasteiger charge is 2.09. The first kappa shape index (κ1) is 13.2. The molecular formula is C17H16N4. The molecule has 3 aromatic heterocycles. The van der Waals surface area contributed by atoms with E-state index in [1.807, 2.05) is 36.1 Å². The Labute approximate surface area is 123 Å². The Hall–Kier alpha value is -2.80. The highest BCUT2D eigenvalue weighted by molar-refractivity contribution is 5.95. The first-order valence-corrected chi connectivity index (χ1v) is 6.76. The lowest BCUT2D eigenvalue weighted by Gasteiger charge is -2.05. The summed E-state index contributed by atoms with van der Waals surface area (Å²) in [6, 6.07) is 8.80. The lowest BCUT2D eigenvalue weighted by molar-refractivity contribution is 0.839. The van der Waals surface area contributed by atoms with Crippen LogP contribution in [0.5, 0.6) is 0 Å². The molecule has 3 aromatic rings. The number of hydrogen-bond acceptors (Lipinski definition) is 2. The van der Waals surface area contributed by atoms with Crippen molar-refractivity contribution in [3.05, 3.63) is 47.8 Å². The van der Waals surface area contributed by atoms with Crippen molar-refractivity contribution in [2.45, 2.75) is 13.8 Å². The van der Waals surface area contributed by atoms with Crippen LogP contribution in [0.4, 0.5) is 0 Å². The molecule has 0 bridgehead atoms. The van der Waals surface area contributed by atoms with E-state index in [1.54, 1.807) is 6.92 Å². The van der Waals surface area contributed by atoms with Gasteiger partial charge in [0, 0.05) is 48.2 Å². The Morgan fingerprint density at radius 2 is 2.14 bits per heavy atom. The maximum absolute atomic E-state index is 4.37. The van der Waals surface area contributed by atoms with Crippen LogP contribution in [0.2, 0.25) is 0 Å². The molecular weight excluding hydrogens is 260 g/mol. The summed E-state index contributed by atoms with van der Waals surface area (Å²) in [5, 5.41) is 1.16. The molecule has 104 valence electrons. The summed E-state index contributed by atoms with van der Waals surface area (Å²) in [6.45, 7) is 3.88. The minimum atomic E-state index is 0.836. The molecule has 0 unspecified atom stereocenters. The van der Waals surface area contributed by atoms with Gasteiger partial charge in [-0.05, 0) is 37.6 Å². The summed E-state index contributed by atoms with van der Waals surface area (Å²) >= 11 is 0. The van der Waals surface area contributed by atoms with E-state index in [0.29, 0.717) is 0 Å². The number of hydrogen-bond donors (Lipinski definition) is 1. The largest absolute Gasteiger partial charge is 0.346 e. The van der Waals surface area contributed by atoms with Gasteiger partial charge in [0.2, 0.25) is 0 Å². The van der Waals surface area contributed by atoms with Crippen LogP contribution < -0.4 is 5.49 Å². The van der Waals surface area contributed by atoms with E-state index in [0.717, 1.165) is 27.6 Å². The molecule has 4 nitrogen and oxygen atoms in total. The Morgan fingerprint density at radius 3 is 2.90 bits per heavy atom. The number of H-pyrrole nitrogens is 1. The molecule has 3 rings (SSSR count). The number of pyridine rings is 2. The van der Waals surface area contributed by atoms with Gasteiger partial charge in [-0.15, -0.1) is 0 Å². The summed E-state index contributed by atoms with van der Waals surface area (Å²) in [5.74, 6) is 2.77. The molecule has 0 spiro atoms. The van der Waals surface area contributed by atoms with Crippen molar-refractivity contribution in [3.63, 3.8) is 0 Å². The van der Waals surface area contributed by atoms with Crippen molar-refractivity contribution in [2.75, 3.05) is 0 Å². The SMILES string of the molecule is CC#CN=c1ccc(-c2c[nH]c3nccc(C)c23)cn1C. The normalized spacial score (nSPS) is 11.5. The smallest absolute Gasteiger partial charge is 0.142 e. The number of nitrogens with zero attached hydrogens (tertiary/aromatic N) is 3. The molecule has 3 heterocycles. The number of aromatic nitrogens is 3. The van der Waals surface area contributed by atoms with Gasteiger partial charge in [-0.25, -0.2) is 4.98 Å². The van der Waals surface area contributed by atoms with Gasteiger partial charge in [-0.2, -0.15) is 4.99 Å². The lowest BCUT2D eigenvalue weighted by atomic mass is 10.0. The second-order valence-corrected chi connectivity index (χ2v) is 4.91. The third kappa shape index (κ3) is 2.34. The minimum Gasteiger partial charge on any atom is -0.346 e. The average Bonchev–Trinajstić information content (AvgIpc) is 2.91. The molecule has 0 aliphatic rings. The van der Waals surface area contributed by atoms with Crippen LogP contribution in [0.3, 0.4) is 0 Å². The van der Waals surface area contributed by atoms with Crippen molar-refractivity contribution in [2.24, 2.45) is 12.0 Å². The lowest BCUT2D eigenvalue weighted by Crippen LogP contribution is -2.16. The van der Waals surface area contributed by atoms with Gasteiger partial charge < -0.3 is 9.55 Å². The summed E-state index contributed by atoms with van der Waals surface area (Å²) in [5.41, 5.74) is 5.24. The quantitative estimate of drug-likeness (QED) is 0.682. The minimum absolute atomic E-state index is 0.836. The highest BCUT2D eigenvalue weighted by atomic mass is 15.0. The standard InChI is InChI=1S/C17H16N4/c1-4-8-18-15-6-5-13(11-21(15)3)14-10-20-17-16(14)12(2)7-9-19-17/h5-7,9-11H,1-3H3,(H,19,20). The van der Waals surface area contributed by atoms with Gasteiger partial charge in [0.1, 0.15) is 11.1 Å². The zero-order chi connectivity index (χ0) is 14.8. The van der Waals surface area contributed by atoms with Crippen LogP contribution in [-0.2, 0) is 7.05 Å². The van der Waals surface area contributed by atoms with E-state index in [-0.39, 0.29) is 0 Å². The number of rotatable bonds is 1. The molecule has 0 amide bonds. The second kappa shape index (κ2) is 5.29. The van der Waals surface area contributed by atoms with Crippen molar-refractivity contribution < 1.29 is 0 Å². The number of aromatic amines is 1. The van der Waals surface area contributed by atoms with Crippen LogP contribution in [0.15, 0.2) is 41.8 Å². The molecule has 0 aliphatic carbocycles. The van der Waals surface area contributed by atoms with Gasteiger partial charge in [0.05, 0.1) is 0 Å². The van der Waals surface area contributed by atoms with Gasteiger partial charge in [0.15, 0.2) is 0 Å². The van der Waals surface area contributed by atoms with Crippen molar-refractivity contribution in [1.82, 2.24) is 14.5 Å². The van der Waals surface area contributed by atoms with Gasteiger partial charge >= 0.3 is 0 Å². The van der Waals surface area contributed by atoms with Crippen LogP contribution >= 0.6 is 0 Å². The first-order chi connectivity index (χ1) is 10.2. The first-order valence-electron chi connectivity index (χ1n) is 6.76. The van der Waals surface area contributed by atoms with Gasteiger partial charge in [0.25, 0.3) is 0 Å². The van der Waals surface area contributed by atoms with Crippen molar-refractivity contribution in [1.29, 1.82) is 0 Å². The van der Waals surface area contributed by atoms with E-state index in [1.165, 1.54) is 5.56 Å². The summed E-state index contributed by atoms with van der Waals surface area (Å²) in [4.78, 5) is 11.8. The summed E-state index contributed by atoms with van der Waals surface area (Å²) in [7, 11) is 1.97. The summed E-state index contributed by atoms with van der Waals surface area (Å²) < 4.78 is 1.98. The fourth-order valence-corrected chi connectivity index (χ4v) is 2.44.